The molecule has 4 rings (SSSR count). The number of allylic oxidation sites excluding steroid dienone is 12. The smallest absolute Gasteiger partial charge is 0.308 e. The van der Waals surface area contributed by atoms with Gasteiger partial charge < -0.3 is 90.4 Å². The Balaban J connectivity index is 1.64. The third kappa shape index (κ3) is 23.1. The molecule has 0 radical (unpaired) electrons. The fourth-order valence-corrected chi connectivity index (χ4v) is 9.85. The molecule has 0 aromatic heterocycles. The number of rotatable bonds is 10. The van der Waals surface area contributed by atoms with Crippen LogP contribution in [0.25, 0.3) is 0 Å². The lowest BCUT2D eigenvalue weighted by molar-refractivity contribution is -0.309. The number of nitrogens with one attached hydrogen (secondary N) is 2. The summed E-state index contributed by atoms with van der Waals surface area (Å²) in [5, 5.41) is 119. The third-order valence-electron chi connectivity index (χ3n) is 14.8. The third-order valence-corrected chi connectivity index (χ3v) is 14.8. The molecule has 2 fully saturated rings. The molecular formula is C60H94N4O16. The van der Waals surface area contributed by atoms with Crippen LogP contribution in [-0.2, 0) is 35.1 Å². The van der Waals surface area contributed by atoms with Crippen molar-refractivity contribution in [3.63, 3.8) is 0 Å². The summed E-state index contributed by atoms with van der Waals surface area (Å²) < 4.78 is 24.5. The Bertz CT molecular complexity index is 2200. The van der Waals surface area contributed by atoms with E-state index in [-0.39, 0.29) is 44.6 Å². The minimum Gasteiger partial charge on any atom is -0.462 e. The molecule has 0 spiro atoms. The number of aliphatic hydroxyl groups is 10. The van der Waals surface area contributed by atoms with Crippen LogP contribution < -0.4 is 15.5 Å². The summed E-state index contributed by atoms with van der Waals surface area (Å²) >= 11 is 0. The first-order valence-corrected chi connectivity index (χ1v) is 28.0. The number of nitrogens with zero attached hydrogens (tertiary/aromatic N) is 2. The quantitative estimate of drug-likeness (QED) is 0.150. The van der Waals surface area contributed by atoms with Gasteiger partial charge >= 0.3 is 5.97 Å². The van der Waals surface area contributed by atoms with E-state index in [4.69, 9.17) is 18.9 Å². The Morgan fingerprint density at radius 2 is 1.25 bits per heavy atom. The maximum Gasteiger partial charge on any atom is 0.308 e. The number of amides is 1. The van der Waals surface area contributed by atoms with E-state index < -0.39 is 140 Å². The fourth-order valence-electron chi connectivity index (χ4n) is 9.85. The lowest BCUT2D eigenvalue weighted by Crippen LogP contribution is -2.63. The summed E-state index contributed by atoms with van der Waals surface area (Å²) in [7, 11) is 7.54. The van der Waals surface area contributed by atoms with Gasteiger partial charge in [0.15, 0.2) is 12.1 Å². The second-order valence-corrected chi connectivity index (χ2v) is 22.2. The zero-order valence-corrected chi connectivity index (χ0v) is 47.9. The van der Waals surface area contributed by atoms with Gasteiger partial charge in [-0.2, -0.15) is 0 Å². The lowest BCUT2D eigenvalue weighted by Gasteiger charge is -2.46. The van der Waals surface area contributed by atoms with Gasteiger partial charge in [-0.1, -0.05) is 111 Å². The van der Waals surface area contributed by atoms with Gasteiger partial charge in [-0.3, -0.25) is 9.59 Å². The molecule has 0 saturated carbocycles. The highest BCUT2D eigenvalue weighted by molar-refractivity contribution is 5.80. The molecule has 3 aliphatic heterocycles. The van der Waals surface area contributed by atoms with Gasteiger partial charge in [-0.05, 0) is 71.3 Å². The average Bonchev–Trinajstić information content (AvgIpc) is 3.38. The molecule has 3 heterocycles. The molecule has 20 nitrogen and oxygen atoms in total. The van der Waals surface area contributed by atoms with Crippen LogP contribution in [0.5, 0.6) is 0 Å². The molecule has 450 valence electrons. The predicted molar refractivity (Wildman–Crippen MR) is 304 cm³/mol. The maximum absolute atomic E-state index is 14.0. The van der Waals surface area contributed by atoms with E-state index in [0.717, 1.165) is 11.3 Å². The van der Waals surface area contributed by atoms with Crippen LogP contribution >= 0.6 is 0 Å². The number of carbonyl (C=O) groups excluding carboxylic acids is 2. The minimum atomic E-state index is -2.31. The molecule has 1 amide bonds. The molecule has 12 N–H and O–H groups in total. The Kier molecular flexibility index (Phi) is 29.1. The van der Waals surface area contributed by atoms with Crippen molar-refractivity contribution in [3.8, 4) is 0 Å². The van der Waals surface area contributed by atoms with E-state index in [1.54, 1.807) is 51.2 Å². The van der Waals surface area contributed by atoms with Gasteiger partial charge in [0.05, 0.1) is 85.5 Å². The van der Waals surface area contributed by atoms with Crippen molar-refractivity contribution in [2.75, 3.05) is 46.2 Å². The minimum absolute atomic E-state index is 0.122. The number of cyclic esters (lactones) is 1. The predicted octanol–water partition coefficient (Wildman–Crippen LogP) is 2.20. The number of benzene rings is 1. The Hall–Kier alpha value is -4.46. The van der Waals surface area contributed by atoms with E-state index in [2.05, 4.69) is 10.6 Å². The van der Waals surface area contributed by atoms with Crippen LogP contribution in [0, 0.1) is 17.8 Å². The molecular weight excluding hydrogens is 1030 g/mol. The van der Waals surface area contributed by atoms with Gasteiger partial charge in [0.2, 0.25) is 5.91 Å². The highest BCUT2D eigenvalue weighted by atomic mass is 16.7. The van der Waals surface area contributed by atoms with Crippen LogP contribution in [0.4, 0.5) is 5.69 Å². The van der Waals surface area contributed by atoms with Gasteiger partial charge in [0, 0.05) is 70.5 Å². The van der Waals surface area contributed by atoms with Crippen LogP contribution in [-0.4, -0.2) is 207 Å². The van der Waals surface area contributed by atoms with Crippen LogP contribution in [0.15, 0.2) is 109 Å². The summed E-state index contributed by atoms with van der Waals surface area (Å²) in [5.74, 6) is -5.64. The highest BCUT2D eigenvalue weighted by Crippen LogP contribution is 2.38. The maximum atomic E-state index is 14.0. The van der Waals surface area contributed by atoms with Crippen molar-refractivity contribution in [3.05, 3.63) is 115 Å². The number of ether oxygens (including phenoxy) is 4. The van der Waals surface area contributed by atoms with E-state index in [1.807, 2.05) is 124 Å². The highest BCUT2D eigenvalue weighted by Gasteiger charge is 2.51. The second-order valence-electron chi connectivity index (χ2n) is 22.2. The normalized spacial score (nSPS) is 39.2. The molecule has 0 unspecified atom stereocenters. The largest absolute Gasteiger partial charge is 0.462 e. The lowest BCUT2D eigenvalue weighted by atomic mass is 9.82. The van der Waals surface area contributed by atoms with E-state index in [0.29, 0.717) is 13.1 Å². The summed E-state index contributed by atoms with van der Waals surface area (Å²) in [5.41, 5.74) is 1.90. The molecule has 1 aromatic rings. The van der Waals surface area contributed by atoms with Gasteiger partial charge in [-0.15, -0.1) is 0 Å². The molecule has 1 aromatic carbocycles. The van der Waals surface area contributed by atoms with Crippen molar-refractivity contribution in [2.24, 2.45) is 17.8 Å². The summed E-state index contributed by atoms with van der Waals surface area (Å²) in [6, 6.07) is 6.88. The molecule has 0 aliphatic carbocycles. The first kappa shape index (κ1) is 68.0. The number of anilines is 1. The topological polar surface area (TPSA) is 304 Å². The van der Waals surface area contributed by atoms with Crippen LogP contribution in [0.1, 0.15) is 84.6 Å². The monoisotopic (exact) mass is 1130 g/mol. The number of likely N-dealkylation sites (N-methyl/N-ethyl adjacent to an activating group) is 1. The zero-order valence-electron chi connectivity index (χ0n) is 47.9. The van der Waals surface area contributed by atoms with Gasteiger partial charge in [-0.25, -0.2) is 0 Å². The number of carbonyl (C=O) groups is 2. The summed E-state index contributed by atoms with van der Waals surface area (Å²) in [6.45, 7) is 7.88. The van der Waals surface area contributed by atoms with Crippen LogP contribution in [0.2, 0.25) is 0 Å². The SMILES string of the molecule is C[C@@H]1[C@H](O)[C@@H](C)/C=C/C=C/C=C/C=C/C=C/C=C/C=C/[C@H](O[C@@H]2O[C@H](C)[C@@H](O)[C@H](NCc3ccc(N(C)C)cc3)[C@@H]2O)C[C@@H]2O[C@](O)(C[C@@H](O)[C@H](O)CC[C@@H](O)C[C@@H](O)C[C@@H](O)CC(=O)O[C@H]1C)C[C@H](O)[C@H]2C(=O)NCCN(C)C. The van der Waals surface area contributed by atoms with Crippen molar-refractivity contribution < 1.29 is 79.6 Å². The van der Waals surface area contributed by atoms with Crippen molar-refractivity contribution in [1.82, 2.24) is 15.5 Å². The molecule has 2 saturated heterocycles. The number of hydrogen-bond acceptors (Lipinski definition) is 19. The standard InChI is InChI=1S/C60H94N4O16/c1-38-21-19-17-15-13-11-9-10-12-14-16-18-20-22-47(79-59-57(74)54(56(73)41(4)78-59)62-37-42-23-25-43(26-24-42)64(7)8)34-51-53(58(75)61-29-30-63(5)6)50(70)36-60(76,80-51)35-49(69)48(68)28-27-44(65)31-45(66)32-46(67)33-52(71)77-40(3)39(2)55(38)72/h9-26,38-41,44-51,53-57,59,62,65-70,72-74,76H,27-37H2,1-8H3,(H,61,75)/b10-9+,13-11+,14-12+,17-15+,18-16+,21-19+,22-20+/t38-,39-,40-,41+,44+,45+,46+,47-,48+,49+,50-,51-,53+,54-,55+,56+,57-,59-,60+/m0/s1. The van der Waals surface area contributed by atoms with Crippen molar-refractivity contribution in [2.45, 2.75) is 183 Å². The van der Waals surface area contributed by atoms with Crippen molar-refractivity contribution in [1.29, 1.82) is 0 Å². The second kappa shape index (κ2) is 34.2. The van der Waals surface area contributed by atoms with Gasteiger partial charge in [0.1, 0.15) is 12.2 Å². The van der Waals surface area contributed by atoms with Crippen molar-refractivity contribution >= 4 is 17.6 Å². The Morgan fingerprint density at radius 1 is 0.675 bits per heavy atom. The Labute approximate surface area is 473 Å². The molecule has 80 heavy (non-hydrogen) atoms. The number of fused-ring (bicyclic) bond motifs is 2. The molecule has 2 bridgehead atoms. The fraction of sp³-hybridized carbons (Fsp3) is 0.633. The number of hydrogen-bond donors (Lipinski definition) is 12. The van der Waals surface area contributed by atoms with E-state index >= 15 is 0 Å². The molecule has 3 aliphatic rings. The Morgan fingerprint density at radius 3 is 1.85 bits per heavy atom. The first-order valence-electron chi connectivity index (χ1n) is 28.0. The zero-order chi connectivity index (χ0) is 59.1. The molecule has 19 atom stereocenters. The average molecular weight is 1130 g/mol. The summed E-state index contributed by atoms with van der Waals surface area (Å²) in [4.78, 5) is 30.6. The summed E-state index contributed by atoms with van der Waals surface area (Å²) in [6.07, 6.45) is 5.19. The first-order chi connectivity index (χ1) is 37.9. The molecule has 20 heteroatoms. The van der Waals surface area contributed by atoms with E-state index in [1.165, 1.54) is 0 Å². The number of aliphatic hydroxyl groups excluding tert-OH is 9. The van der Waals surface area contributed by atoms with E-state index in [9.17, 15) is 60.7 Å². The van der Waals surface area contributed by atoms with Gasteiger partial charge in [0.25, 0.3) is 0 Å². The van der Waals surface area contributed by atoms with Crippen LogP contribution in [0.3, 0.4) is 0 Å². The number of esters is 1.